The second-order valence-corrected chi connectivity index (χ2v) is 9.32. The lowest BCUT2D eigenvalue weighted by Gasteiger charge is -2.61. The molecule has 0 aliphatic heterocycles. The van der Waals surface area contributed by atoms with Crippen molar-refractivity contribution in [1.82, 2.24) is 0 Å². The van der Waals surface area contributed by atoms with E-state index < -0.39 is 0 Å². The fraction of sp³-hybridized carbons (Fsp3) is 1.00. The highest BCUT2D eigenvalue weighted by Gasteiger charge is 2.60. The molecule has 4 aliphatic rings. The van der Waals surface area contributed by atoms with E-state index in [2.05, 4.69) is 13.8 Å². The van der Waals surface area contributed by atoms with Crippen LogP contribution in [0.2, 0.25) is 0 Å². The first kappa shape index (κ1) is 14.5. The number of aliphatic hydroxyl groups excluding tert-OH is 2. The van der Waals surface area contributed by atoms with Gasteiger partial charge in [0.25, 0.3) is 0 Å². The van der Waals surface area contributed by atoms with Gasteiger partial charge in [-0.1, -0.05) is 20.3 Å². The molecule has 2 N–H and O–H groups in total. The summed E-state index contributed by atoms with van der Waals surface area (Å²) in [7, 11) is 0. The molecular formula is C19H32O2. The van der Waals surface area contributed by atoms with Crippen molar-refractivity contribution in [3.63, 3.8) is 0 Å². The largest absolute Gasteiger partial charge is 0.393 e. The third-order valence-corrected chi connectivity index (χ3v) is 8.34. The molecule has 0 heterocycles. The van der Waals surface area contributed by atoms with Crippen molar-refractivity contribution in [1.29, 1.82) is 0 Å². The monoisotopic (exact) mass is 292 g/mol. The van der Waals surface area contributed by atoms with Crippen LogP contribution in [0.5, 0.6) is 0 Å². The van der Waals surface area contributed by atoms with E-state index in [1.54, 1.807) is 0 Å². The zero-order chi connectivity index (χ0) is 14.8. The minimum absolute atomic E-state index is 0.0860. The van der Waals surface area contributed by atoms with Crippen molar-refractivity contribution in [2.45, 2.75) is 83.8 Å². The highest BCUT2D eigenvalue weighted by Crippen LogP contribution is 2.66. The molecule has 4 rings (SSSR count). The van der Waals surface area contributed by atoms with E-state index in [4.69, 9.17) is 0 Å². The number of fused-ring (bicyclic) bond motifs is 5. The maximum Gasteiger partial charge on any atom is 0.0581 e. The van der Waals surface area contributed by atoms with Crippen molar-refractivity contribution in [2.24, 2.45) is 34.5 Å². The van der Waals surface area contributed by atoms with Gasteiger partial charge in [-0.15, -0.1) is 0 Å². The van der Waals surface area contributed by atoms with Crippen LogP contribution in [-0.4, -0.2) is 22.4 Å². The maximum atomic E-state index is 11.0. The molecule has 0 aromatic carbocycles. The van der Waals surface area contributed by atoms with Gasteiger partial charge >= 0.3 is 0 Å². The van der Waals surface area contributed by atoms with Crippen molar-refractivity contribution in [3.8, 4) is 0 Å². The van der Waals surface area contributed by atoms with Crippen LogP contribution in [0.4, 0.5) is 0 Å². The molecule has 0 radical (unpaired) electrons. The SMILES string of the molecule is C[C@@]12CCCC1[C@@H]1CCC3C[C@H](O)CC[C@]3(C)C1[C@H](O)C2. The van der Waals surface area contributed by atoms with E-state index >= 15 is 0 Å². The van der Waals surface area contributed by atoms with Crippen molar-refractivity contribution >= 4 is 0 Å². The van der Waals surface area contributed by atoms with Crippen molar-refractivity contribution in [2.75, 3.05) is 0 Å². The highest BCUT2D eigenvalue weighted by atomic mass is 16.3. The summed E-state index contributed by atoms with van der Waals surface area (Å²) in [6.07, 6.45) is 10.6. The van der Waals surface area contributed by atoms with Crippen molar-refractivity contribution < 1.29 is 10.2 Å². The Labute approximate surface area is 129 Å². The summed E-state index contributed by atoms with van der Waals surface area (Å²) in [6, 6.07) is 0. The Morgan fingerprint density at radius 3 is 2.57 bits per heavy atom. The van der Waals surface area contributed by atoms with Gasteiger partial charge < -0.3 is 10.2 Å². The van der Waals surface area contributed by atoms with E-state index in [0.717, 1.165) is 37.5 Å². The van der Waals surface area contributed by atoms with Gasteiger partial charge in [0.15, 0.2) is 0 Å². The zero-order valence-corrected chi connectivity index (χ0v) is 13.7. The van der Waals surface area contributed by atoms with Crippen LogP contribution >= 0.6 is 0 Å². The molecule has 21 heavy (non-hydrogen) atoms. The van der Waals surface area contributed by atoms with Crippen molar-refractivity contribution in [3.05, 3.63) is 0 Å². The standard InChI is InChI=1S/C19H32O2/c1-18-8-3-4-15(18)14-6-5-12-10-13(20)7-9-19(12,2)17(14)16(21)11-18/h12-17,20-21H,3-11H2,1-2H3/t12?,13-,14+,15?,16-,17?,18+,19+/m1/s1. The lowest BCUT2D eigenvalue weighted by molar-refractivity contribution is -0.171. The molecule has 120 valence electrons. The molecule has 2 heteroatoms. The van der Waals surface area contributed by atoms with Gasteiger partial charge in [-0.25, -0.2) is 0 Å². The Balaban J connectivity index is 1.67. The summed E-state index contributed by atoms with van der Waals surface area (Å²) in [5.41, 5.74) is 0.698. The number of rotatable bonds is 0. The van der Waals surface area contributed by atoms with Crippen LogP contribution < -0.4 is 0 Å². The van der Waals surface area contributed by atoms with Crippen LogP contribution in [0.25, 0.3) is 0 Å². The van der Waals surface area contributed by atoms with Gasteiger partial charge in [0.1, 0.15) is 0 Å². The van der Waals surface area contributed by atoms with E-state index in [1.807, 2.05) is 0 Å². The lowest BCUT2D eigenvalue weighted by Crippen LogP contribution is -2.58. The fourth-order valence-corrected chi connectivity index (χ4v) is 7.37. The third-order valence-electron chi connectivity index (χ3n) is 8.34. The minimum atomic E-state index is -0.0996. The Morgan fingerprint density at radius 2 is 1.76 bits per heavy atom. The first-order valence-corrected chi connectivity index (χ1v) is 9.30. The van der Waals surface area contributed by atoms with Crippen LogP contribution in [0.15, 0.2) is 0 Å². The highest BCUT2D eigenvalue weighted by molar-refractivity contribution is 5.10. The molecule has 8 atom stereocenters. The third kappa shape index (κ3) is 1.97. The predicted molar refractivity (Wildman–Crippen MR) is 83.7 cm³/mol. The molecule has 4 saturated carbocycles. The van der Waals surface area contributed by atoms with E-state index in [0.29, 0.717) is 17.3 Å². The number of aliphatic hydroxyl groups is 2. The summed E-state index contributed by atoms with van der Waals surface area (Å²) in [6.45, 7) is 4.89. The van der Waals surface area contributed by atoms with Gasteiger partial charge in [-0.2, -0.15) is 0 Å². The average Bonchev–Trinajstić information content (AvgIpc) is 2.80. The number of hydrogen-bond donors (Lipinski definition) is 2. The lowest BCUT2D eigenvalue weighted by atomic mass is 9.44. The summed E-state index contributed by atoms with van der Waals surface area (Å²) in [5.74, 6) is 2.75. The Morgan fingerprint density at radius 1 is 0.952 bits per heavy atom. The Hall–Kier alpha value is -0.0800. The summed E-state index contributed by atoms with van der Waals surface area (Å²) in [5, 5.41) is 21.1. The summed E-state index contributed by atoms with van der Waals surface area (Å²) >= 11 is 0. The van der Waals surface area contributed by atoms with E-state index in [-0.39, 0.29) is 17.6 Å². The normalized spacial score (nSPS) is 60.0. The Kier molecular flexibility index (Phi) is 3.25. The number of hydrogen-bond acceptors (Lipinski definition) is 2. The topological polar surface area (TPSA) is 40.5 Å². The first-order valence-electron chi connectivity index (χ1n) is 9.30. The molecule has 0 amide bonds. The van der Waals surface area contributed by atoms with Crippen LogP contribution in [0.1, 0.15) is 71.6 Å². The van der Waals surface area contributed by atoms with Crippen LogP contribution in [-0.2, 0) is 0 Å². The molecule has 4 aliphatic carbocycles. The summed E-state index contributed by atoms with van der Waals surface area (Å²) < 4.78 is 0. The zero-order valence-electron chi connectivity index (χ0n) is 13.7. The second-order valence-electron chi connectivity index (χ2n) is 9.32. The van der Waals surface area contributed by atoms with Crippen LogP contribution in [0, 0.1) is 34.5 Å². The summed E-state index contributed by atoms with van der Waals surface area (Å²) in [4.78, 5) is 0. The molecule has 0 saturated heterocycles. The fourth-order valence-electron chi connectivity index (χ4n) is 7.37. The van der Waals surface area contributed by atoms with Gasteiger partial charge in [0, 0.05) is 0 Å². The molecule has 3 unspecified atom stereocenters. The minimum Gasteiger partial charge on any atom is -0.393 e. The van der Waals surface area contributed by atoms with E-state index in [1.165, 1.54) is 32.1 Å². The average molecular weight is 292 g/mol. The molecule has 4 fully saturated rings. The Bertz CT molecular complexity index is 422. The quantitative estimate of drug-likeness (QED) is 0.714. The van der Waals surface area contributed by atoms with Gasteiger partial charge in [-0.05, 0) is 85.9 Å². The van der Waals surface area contributed by atoms with Gasteiger partial charge in [0.2, 0.25) is 0 Å². The second kappa shape index (κ2) is 4.71. The predicted octanol–water partition coefficient (Wildman–Crippen LogP) is 3.75. The molecule has 0 aromatic heterocycles. The molecule has 2 nitrogen and oxygen atoms in total. The smallest absolute Gasteiger partial charge is 0.0581 e. The molecule has 0 spiro atoms. The molecular weight excluding hydrogens is 260 g/mol. The van der Waals surface area contributed by atoms with Gasteiger partial charge in [-0.3, -0.25) is 0 Å². The van der Waals surface area contributed by atoms with Crippen LogP contribution in [0.3, 0.4) is 0 Å². The van der Waals surface area contributed by atoms with Gasteiger partial charge in [0.05, 0.1) is 12.2 Å². The first-order chi connectivity index (χ1) is 9.94. The molecule has 0 bridgehead atoms. The van der Waals surface area contributed by atoms with E-state index in [9.17, 15) is 10.2 Å². The maximum absolute atomic E-state index is 11.0. The molecule has 0 aromatic rings.